The molecule has 0 atom stereocenters. The second-order valence-corrected chi connectivity index (χ2v) is 3.19. The molecule has 0 unspecified atom stereocenters. The molecule has 0 radical (unpaired) electrons. The summed E-state index contributed by atoms with van der Waals surface area (Å²) in [7, 11) is 0. The molecule has 5 nitrogen and oxygen atoms in total. The molecule has 18 heavy (non-hydrogen) atoms. The molecular weight excluding hydrogens is 226 g/mol. The summed E-state index contributed by atoms with van der Waals surface area (Å²) in [5, 5.41) is 34.9. The van der Waals surface area contributed by atoms with Crippen molar-refractivity contribution in [3.8, 4) is 18.2 Å². The van der Waals surface area contributed by atoms with E-state index in [9.17, 15) is 0 Å². The molecule has 0 saturated heterocycles. The Balaban J connectivity index is 3.35. The van der Waals surface area contributed by atoms with Crippen molar-refractivity contribution in [1.82, 2.24) is 0 Å². The van der Waals surface area contributed by atoms with Crippen LogP contribution in [0.25, 0.3) is 11.5 Å². The van der Waals surface area contributed by atoms with E-state index < -0.39 is 0 Å². The number of benzene rings is 1. The van der Waals surface area contributed by atoms with Crippen molar-refractivity contribution in [3.05, 3.63) is 45.9 Å². The normalized spacial score (nSPS) is 8.94. The lowest BCUT2D eigenvalue weighted by Gasteiger charge is -2.03. The third-order valence-electron chi connectivity index (χ3n) is 2.18. The van der Waals surface area contributed by atoms with Crippen molar-refractivity contribution in [1.29, 1.82) is 15.8 Å². The first kappa shape index (κ1) is 12.7. The molecule has 0 fully saturated rings. The zero-order chi connectivity index (χ0) is 13.5. The lowest BCUT2D eigenvalue weighted by Crippen LogP contribution is -1.97. The highest BCUT2D eigenvalue weighted by Gasteiger charge is 2.08. The molecule has 1 rings (SSSR count). The quantitative estimate of drug-likeness (QED) is 0.361. The minimum absolute atomic E-state index is 0.0816. The minimum atomic E-state index is -0.0816. The Hall–Kier alpha value is -3.32. The maximum Gasteiger partial charge on any atom is 0.106 e. The van der Waals surface area contributed by atoms with Gasteiger partial charge in [0.2, 0.25) is 0 Å². The summed E-state index contributed by atoms with van der Waals surface area (Å²) in [5.74, 6) is 1.70. The Labute approximate surface area is 104 Å². The summed E-state index contributed by atoms with van der Waals surface area (Å²) in [6, 6.07) is 8.49. The first-order valence-electron chi connectivity index (χ1n) is 4.75. The van der Waals surface area contributed by atoms with Gasteiger partial charge in [-0.15, -0.1) is 0 Å². The van der Waals surface area contributed by atoms with Gasteiger partial charge >= 0.3 is 0 Å². The van der Waals surface area contributed by atoms with Crippen LogP contribution in [0.15, 0.2) is 23.8 Å². The molecule has 0 heterocycles. The number of nitriles is 3. The van der Waals surface area contributed by atoms with Gasteiger partial charge < -0.3 is 11.1 Å². The molecule has 0 spiro atoms. The van der Waals surface area contributed by atoms with Gasteiger partial charge in [-0.25, -0.2) is 0 Å². The third-order valence-corrected chi connectivity index (χ3v) is 2.18. The highest BCUT2D eigenvalue weighted by molar-refractivity contribution is 5.77. The van der Waals surface area contributed by atoms with E-state index in [-0.39, 0.29) is 22.4 Å². The lowest BCUT2D eigenvalue weighted by molar-refractivity contribution is 1.44. The van der Waals surface area contributed by atoms with Gasteiger partial charge in [0.25, 0.3) is 0 Å². The van der Waals surface area contributed by atoms with E-state index in [0.29, 0.717) is 5.56 Å². The van der Waals surface area contributed by atoms with E-state index in [1.807, 2.05) is 12.1 Å². The summed E-state index contributed by atoms with van der Waals surface area (Å²) in [6.45, 7) is 0. The molecule has 0 aliphatic carbocycles. The maximum absolute atomic E-state index is 8.99. The maximum atomic E-state index is 8.99. The highest BCUT2D eigenvalue weighted by Crippen LogP contribution is 2.22. The SMILES string of the molecule is N#CC(=C=[N-])/C=C/c1ccc(C#N)c(N)c1C#N. The number of nitrogen functional groups attached to an aromatic ring is 1. The Morgan fingerprint density at radius 3 is 2.44 bits per heavy atom. The van der Waals surface area contributed by atoms with Crippen molar-refractivity contribution < 1.29 is 0 Å². The molecule has 0 aromatic heterocycles. The van der Waals surface area contributed by atoms with Crippen LogP contribution in [-0.4, -0.2) is 5.87 Å². The van der Waals surface area contributed by atoms with Crippen molar-refractivity contribution in [2.75, 3.05) is 5.73 Å². The smallest absolute Gasteiger partial charge is 0.106 e. The average Bonchev–Trinajstić information content (AvgIpc) is 2.40. The van der Waals surface area contributed by atoms with Gasteiger partial charge in [-0.05, 0) is 17.7 Å². The van der Waals surface area contributed by atoms with Crippen molar-refractivity contribution in [3.63, 3.8) is 0 Å². The van der Waals surface area contributed by atoms with Crippen LogP contribution in [0.1, 0.15) is 16.7 Å². The number of hydrogen-bond donors (Lipinski definition) is 1. The van der Waals surface area contributed by atoms with Crippen LogP contribution in [0.5, 0.6) is 0 Å². The first-order chi connectivity index (χ1) is 8.67. The standard InChI is InChI=1S/C13H6N5/c14-5-9(6-15)1-2-10-3-4-11(7-16)13(18)12(10)8-17/h1-4H,18H2/q-1/b2-1+. The monoisotopic (exact) mass is 232 g/mol. The van der Waals surface area contributed by atoms with Gasteiger partial charge in [0.15, 0.2) is 0 Å². The van der Waals surface area contributed by atoms with Crippen LogP contribution >= 0.6 is 0 Å². The van der Waals surface area contributed by atoms with E-state index in [2.05, 4.69) is 0 Å². The van der Waals surface area contributed by atoms with Crippen LogP contribution in [-0.2, 0) is 0 Å². The van der Waals surface area contributed by atoms with Crippen molar-refractivity contribution in [2.24, 2.45) is 0 Å². The third kappa shape index (κ3) is 2.43. The van der Waals surface area contributed by atoms with E-state index in [0.717, 1.165) is 0 Å². The predicted octanol–water partition coefficient (Wildman–Crippen LogP) is 1.71. The number of allylic oxidation sites excluding steroid dienone is 2. The Morgan fingerprint density at radius 2 is 1.94 bits per heavy atom. The molecule has 0 saturated carbocycles. The predicted molar refractivity (Wildman–Crippen MR) is 66.8 cm³/mol. The van der Waals surface area contributed by atoms with Crippen LogP contribution in [0, 0.1) is 34.0 Å². The Morgan fingerprint density at radius 1 is 1.22 bits per heavy atom. The van der Waals surface area contributed by atoms with Crippen LogP contribution in [0.3, 0.4) is 0 Å². The molecular formula is C13H6N5-. The van der Waals surface area contributed by atoms with Gasteiger partial charge in [0.1, 0.15) is 18.2 Å². The van der Waals surface area contributed by atoms with Crippen molar-refractivity contribution in [2.45, 2.75) is 0 Å². The second kappa shape index (κ2) is 5.68. The van der Waals surface area contributed by atoms with Crippen molar-refractivity contribution >= 4 is 17.6 Å². The van der Waals surface area contributed by atoms with Crippen LogP contribution in [0.4, 0.5) is 5.69 Å². The molecule has 0 amide bonds. The molecule has 2 N–H and O–H groups in total. The van der Waals surface area contributed by atoms with Crippen LogP contribution < -0.4 is 5.73 Å². The summed E-state index contributed by atoms with van der Waals surface area (Å²) >= 11 is 0. The van der Waals surface area contributed by atoms with E-state index >= 15 is 0 Å². The van der Waals surface area contributed by atoms with Gasteiger partial charge in [0.05, 0.1) is 22.4 Å². The Kier molecular flexibility index (Phi) is 4.02. The minimum Gasteiger partial charge on any atom is -0.762 e. The fourth-order valence-electron chi connectivity index (χ4n) is 1.27. The molecule has 1 aromatic rings. The highest BCUT2D eigenvalue weighted by atomic mass is 14.6. The van der Waals surface area contributed by atoms with Gasteiger partial charge in [0, 0.05) is 0 Å². The number of rotatable bonds is 2. The van der Waals surface area contributed by atoms with E-state index in [1.54, 1.807) is 11.9 Å². The number of nitrogens with zero attached hydrogens (tertiary/aromatic N) is 4. The van der Waals surface area contributed by atoms with Gasteiger partial charge in [-0.1, -0.05) is 12.1 Å². The molecule has 0 bridgehead atoms. The number of nitrogens with two attached hydrogens (primary N) is 1. The molecule has 5 heteroatoms. The summed E-state index contributed by atoms with van der Waals surface area (Å²) in [6.07, 6.45) is 2.74. The van der Waals surface area contributed by atoms with E-state index in [4.69, 9.17) is 26.9 Å². The summed E-state index contributed by atoms with van der Waals surface area (Å²) < 4.78 is 0. The first-order valence-corrected chi connectivity index (χ1v) is 4.75. The summed E-state index contributed by atoms with van der Waals surface area (Å²) in [5.41, 5.74) is 6.50. The molecule has 0 aliphatic heterocycles. The molecule has 1 aromatic carbocycles. The Bertz CT molecular complexity index is 686. The zero-order valence-corrected chi connectivity index (χ0v) is 9.18. The molecule has 84 valence electrons. The fraction of sp³-hybridized carbons (Fsp3) is 0. The largest absolute Gasteiger partial charge is 0.762 e. The second-order valence-electron chi connectivity index (χ2n) is 3.19. The number of hydrogen-bond acceptors (Lipinski definition) is 4. The lowest BCUT2D eigenvalue weighted by atomic mass is 10.0. The van der Waals surface area contributed by atoms with Gasteiger partial charge in [-0.3, -0.25) is 5.87 Å². The number of anilines is 1. The van der Waals surface area contributed by atoms with Gasteiger partial charge in [-0.2, -0.15) is 15.8 Å². The average molecular weight is 232 g/mol. The molecule has 0 aliphatic rings. The fourth-order valence-corrected chi connectivity index (χ4v) is 1.27. The summed E-state index contributed by atoms with van der Waals surface area (Å²) in [4.78, 5) is 0. The van der Waals surface area contributed by atoms with Crippen LogP contribution in [0.2, 0.25) is 0 Å². The van der Waals surface area contributed by atoms with E-state index in [1.165, 1.54) is 24.3 Å². The topological polar surface area (TPSA) is 120 Å². The zero-order valence-electron chi connectivity index (χ0n) is 9.18.